The zero-order valence-electron chi connectivity index (χ0n) is 28.7. The Morgan fingerprint density at radius 2 is 1.85 bits per heavy atom. The Labute approximate surface area is 282 Å². The number of carbonyl (C=O) groups excluding carboxylic acids is 2. The molecule has 48 heavy (non-hydrogen) atoms. The molecule has 0 aliphatic carbocycles. The first-order valence-electron chi connectivity index (χ1n) is 17.7. The number of hydrogen-bond acceptors (Lipinski definition) is 5. The standard InChI is InChI=1S/C39H46N6O3/c1-6-10-35(46)44-17-9-12-33(44)39-41-31-16-14-25-19-30-28-15-13-26(18-27(28)22-48-34(30)20-29(25)37(31)43-39)32-21-40-38(42-32)24(5)45(23(4)8-3)36(47)11-7-2/h13-16,18-21,23-24,33H,6-12,17,22H2,1-5H3,(H,40,42)(H,41,43)/t23-,24-,33-/m0/s1. The molecule has 0 radical (unpaired) electrons. The number of rotatable bonds is 10. The number of H-pyrrole nitrogens is 2. The van der Waals surface area contributed by atoms with Gasteiger partial charge in [-0.15, -0.1) is 0 Å². The molecule has 9 heteroatoms. The number of likely N-dealkylation sites (tertiary alicyclic amines) is 1. The third-order valence-electron chi connectivity index (χ3n) is 10.3. The summed E-state index contributed by atoms with van der Waals surface area (Å²) in [6.45, 7) is 11.6. The lowest BCUT2D eigenvalue weighted by atomic mass is 9.92. The van der Waals surface area contributed by atoms with E-state index in [4.69, 9.17) is 14.7 Å². The van der Waals surface area contributed by atoms with Crippen LogP contribution in [-0.2, 0) is 16.2 Å². The van der Waals surface area contributed by atoms with E-state index in [1.54, 1.807) is 0 Å². The normalized spacial score (nSPS) is 16.9. The van der Waals surface area contributed by atoms with Crippen molar-refractivity contribution in [3.8, 4) is 28.1 Å². The number of amides is 2. The largest absolute Gasteiger partial charge is 0.488 e. The molecule has 7 rings (SSSR count). The summed E-state index contributed by atoms with van der Waals surface area (Å²) in [6.07, 6.45) is 7.48. The van der Waals surface area contributed by atoms with Gasteiger partial charge in [0.15, 0.2) is 0 Å². The Morgan fingerprint density at radius 1 is 1.02 bits per heavy atom. The van der Waals surface area contributed by atoms with Gasteiger partial charge in [0, 0.05) is 36.4 Å². The van der Waals surface area contributed by atoms with E-state index in [0.29, 0.717) is 19.4 Å². The number of imidazole rings is 2. The van der Waals surface area contributed by atoms with E-state index in [-0.39, 0.29) is 29.9 Å². The van der Waals surface area contributed by atoms with Gasteiger partial charge in [-0.3, -0.25) is 9.59 Å². The number of ether oxygens (including phenoxy) is 1. The molecule has 2 aliphatic rings. The fourth-order valence-corrected chi connectivity index (χ4v) is 7.55. The van der Waals surface area contributed by atoms with Crippen LogP contribution in [0.5, 0.6) is 5.75 Å². The summed E-state index contributed by atoms with van der Waals surface area (Å²) in [5.41, 5.74) is 7.18. The van der Waals surface area contributed by atoms with Gasteiger partial charge < -0.3 is 24.5 Å². The Bertz CT molecular complexity index is 1990. The van der Waals surface area contributed by atoms with Gasteiger partial charge >= 0.3 is 0 Å². The van der Waals surface area contributed by atoms with Crippen LogP contribution in [0, 0.1) is 0 Å². The molecule has 1 fully saturated rings. The van der Waals surface area contributed by atoms with E-state index < -0.39 is 0 Å². The van der Waals surface area contributed by atoms with Crippen LogP contribution in [-0.4, -0.2) is 54.1 Å². The predicted molar refractivity (Wildman–Crippen MR) is 189 cm³/mol. The van der Waals surface area contributed by atoms with E-state index in [0.717, 1.165) is 106 Å². The van der Waals surface area contributed by atoms with Crippen molar-refractivity contribution in [2.24, 2.45) is 0 Å². The van der Waals surface area contributed by atoms with Crippen molar-refractivity contribution in [1.29, 1.82) is 0 Å². The maximum absolute atomic E-state index is 13.0. The van der Waals surface area contributed by atoms with Crippen LogP contribution in [0.2, 0.25) is 0 Å². The van der Waals surface area contributed by atoms with Crippen LogP contribution < -0.4 is 4.74 Å². The van der Waals surface area contributed by atoms with Crippen molar-refractivity contribution in [1.82, 2.24) is 29.7 Å². The minimum Gasteiger partial charge on any atom is -0.488 e. The highest BCUT2D eigenvalue weighted by molar-refractivity contribution is 6.07. The van der Waals surface area contributed by atoms with Crippen molar-refractivity contribution < 1.29 is 14.3 Å². The van der Waals surface area contributed by atoms with Gasteiger partial charge in [-0.25, -0.2) is 9.97 Å². The Kier molecular flexibility index (Phi) is 8.71. The number of aromatic amines is 2. The molecule has 0 spiro atoms. The van der Waals surface area contributed by atoms with Crippen LogP contribution in [0.1, 0.15) is 109 Å². The van der Waals surface area contributed by atoms with Crippen LogP contribution in [0.4, 0.5) is 0 Å². The molecule has 2 N–H and O–H groups in total. The summed E-state index contributed by atoms with van der Waals surface area (Å²) in [5.74, 6) is 2.89. The minimum atomic E-state index is -0.147. The second-order valence-corrected chi connectivity index (χ2v) is 13.5. The molecule has 2 aromatic heterocycles. The lowest BCUT2D eigenvalue weighted by Crippen LogP contribution is -2.40. The van der Waals surface area contributed by atoms with E-state index >= 15 is 0 Å². The zero-order chi connectivity index (χ0) is 33.5. The molecule has 0 unspecified atom stereocenters. The summed E-state index contributed by atoms with van der Waals surface area (Å²) in [4.78, 5) is 46.6. The molecule has 9 nitrogen and oxygen atoms in total. The molecule has 2 aliphatic heterocycles. The number of nitrogens with zero attached hydrogens (tertiary/aromatic N) is 4. The summed E-state index contributed by atoms with van der Waals surface area (Å²) >= 11 is 0. The van der Waals surface area contributed by atoms with Gasteiger partial charge in [-0.05, 0) is 92.3 Å². The first-order valence-corrected chi connectivity index (χ1v) is 17.7. The highest BCUT2D eigenvalue weighted by Gasteiger charge is 2.32. The van der Waals surface area contributed by atoms with Gasteiger partial charge in [-0.2, -0.15) is 0 Å². The average molecular weight is 647 g/mol. The summed E-state index contributed by atoms with van der Waals surface area (Å²) < 4.78 is 6.38. The average Bonchev–Trinajstić information content (AvgIpc) is 3.87. The molecule has 2 amide bonds. The zero-order valence-corrected chi connectivity index (χ0v) is 28.7. The number of carbonyl (C=O) groups is 2. The molecular formula is C39H46N6O3. The quantitative estimate of drug-likeness (QED) is 0.158. The topological polar surface area (TPSA) is 107 Å². The fourth-order valence-electron chi connectivity index (χ4n) is 7.55. The number of hydrogen-bond donors (Lipinski definition) is 2. The van der Waals surface area contributed by atoms with Crippen LogP contribution in [0.15, 0.2) is 48.7 Å². The summed E-state index contributed by atoms with van der Waals surface area (Å²) in [5, 5.41) is 2.14. The third-order valence-corrected chi connectivity index (χ3v) is 10.3. The lowest BCUT2D eigenvalue weighted by molar-refractivity contribution is -0.136. The molecule has 5 aromatic rings. The second kappa shape index (κ2) is 13.1. The molecule has 0 bridgehead atoms. The van der Waals surface area contributed by atoms with E-state index in [1.165, 1.54) is 0 Å². The van der Waals surface area contributed by atoms with E-state index in [1.807, 2.05) is 29.8 Å². The Morgan fingerprint density at radius 3 is 2.65 bits per heavy atom. The van der Waals surface area contributed by atoms with E-state index in [9.17, 15) is 9.59 Å². The first kappa shape index (κ1) is 31.9. The van der Waals surface area contributed by atoms with Gasteiger partial charge in [0.2, 0.25) is 11.8 Å². The number of nitrogens with one attached hydrogen (secondary N) is 2. The monoisotopic (exact) mass is 646 g/mol. The molecular weight excluding hydrogens is 600 g/mol. The fraction of sp³-hybridized carbons (Fsp3) is 0.436. The van der Waals surface area contributed by atoms with Crippen molar-refractivity contribution in [3.63, 3.8) is 0 Å². The highest BCUT2D eigenvalue weighted by atomic mass is 16.5. The van der Waals surface area contributed by atoms with E-state index in [2.05, 4.69) is 73.2 Å². The molecule has 0 saturated carbocycles. The van der Waals surface area contributed by atoms with Crippen LogP contribution in [0.3, 0.4) is 0 Å². The number of fused-ring (bicyclic) bond motifs is 6. The molecule has 250 valence electrons. The SMILES string of the molecule is CCCC(=O)N1CCC[C@H]1c1nc2c(ccc3cc4c(cc32)OCc2cc(-c3cnc([C@H](C)N(C(=O)CCC)[C@@H](C)CC)[nH]3)ccc2-4)[nH]1. The van der Waals surface area contributed by atoms with Gasteiger partial charge in [0.05, 0.1) is 35.0 Å². The van der Waals surface area contributed by atoms with Crippen molar-refractivity contribution in [2.75, 3.05) is 6.54 Å². The molecule has 3 atom stereocenters. The summed E-state index contributed by atoms with van der Waals surface area (Å²) in [7, 11) is 0. The third kappa shape index (κ3) is 5.63. The van der Waals surface area contributed by atoms with Gasteiger partial charge in [0.1, 0.15) is 24.0 Å². The number of benzene rings is 3. The maximum atomic E-state index is 13.0. The maximum Gasteiger partial charge on any atom is 0.223 e. The smallest absolute Gasteiger partial charge is 0.223 e. The Balaban J connectivity index is 1.17. The van der Waals surface area contributed by atoms with Crippen molar-refractivity contribution in [2.45, 2.75) is 104 Å². The molecule has 1 saturated heterocycles. The minimum absolute atomic E-state index is 0.00185. The first-order chi connectivity index (χ1) is 23.3. The predicted octanol–water partition coefficient (Wildman–Crippen LogP) is 8.62. The Hall–Kier alpha value is -4.66. The van der Waals surface area contributed by atoms with Crippen LogP contribution in [0.25, 0.3) is 44.2 Å². The molecule has 4 heterocycles. The summed E-state index contributed by atoms with van der Waals surface area (Å²) in [6, 6.07) is 15.0. The lowest BCUT2D eigenvalue weighted by Gasteiger charge is -2.33. The highest BCUT2D eigenvalue weighted by Crippen LogP contribution is 2.43. The second-order valence-electron chi connectivity index (χ2n) is 13.5. The van der Waals surface area contributed by atoms with Crippen LogP contribution >= 0.6 is 0 Å². The van der Waals surface area contributed by atoms with Crippen molar-refractivity contribution >= 4 is 33.6 Å². The number of aromatic nitrogens is 4. The molecule has 3 aromatic carbocycles. The van der Waals surface area contributed by atoms with Gasteiger partial charge in [0.25, 0.3) is 0 Å². The van der Waals surface area contributed by atoms with Crippen molar-refractivity contribution in [3.05, 3.63) is 65.9 Å². The van der Waals surface area contributed by atoms with Gasteiger partial charge in [-0.1, -0.05) is 39.0 Å².